The zero-order chi connectivity index (χ0) is 16.8. The Hall–Kier alpha value is -2.40. The van der Waals surface area contributed by atoms with E-state index in [1.54, 1.807) is 0 Å². The Morgan fingerprint density at radius 2 is 1.87 bits per heavy atom. The SMILES string of the molecule is CCC(OC)C(=O)N[C@@H](CC(=O)O)c1ccc2ccccc2c1. The molecule has 2 aromatic carbocycles. The van der Waals surface area contributed by atoms with Crippen LogP contribution in [0.5, 0.6) is 0 Å². The molecule has 0 aromatic heterocycles. The molecule has 1 unspecified atom stereocenters. The molecular weight excluding hydrogens is 294 g/mol. The fourth-order valence-electron chi connectivity index (χ4n) is 2.58. The Balaban J connectivity index is 2.29. The Labute approximate surface area is 135 Å². The second-order valence-corrected chi connectivity index (χ2v) is 5.40. The summed E-state index contributed by atoms with van der Waals surface area (Å²) in [6.45, 7) is 1.84. The number of amides is 1. The van der Waals surface area contributed by atoms with Crippen LogP contribution in [0.1, 0.15) is 31.4 Å². The fraction of sp³-hybridized carbons (Fsp3) is 0.333. The van der Waals surface area contributed by atoms with Crippen LogP contribution in [0.25, 0.3) is 10.8 Å². The molecule has 0 saturated carbocycles. The van der Waals surface area contributed by atoms with Gasteiger partial charge >= 0.3 is 5.97 Å². The van der Waals surface area contributed by atoms with E-state index in [1.807, 2.05) is 49.4 Å². The Kier molecular flexibility index (Phi) is 5.71. The molecule has 5 nitrogen and oxygen atoms in total. The quantitative estimate of drug-likeness (QED) is 0.824. The molecular formula is C18H21NO4. The van der Waals surface area contributed by atoms with Gasteiger partial charge < -0.3 is 15.2 Å². The Morgan fingerprint density at radius 1 is 1.17 bits per heavy atom. The number of hydrogen-bond acceptors (Lipinski definition) is 3. The molecule has 122 valence electrons. The van der Waals surface area contributed by atoms with Crippen molar-refractivity contribution in [3.63, 3.8) is 0 Å². The zero-order valence-electron chi connectivity index (χ0n) is 13.3. The third-order valence-electron chi connectivity index (χ3n) is 3.82. The lowest BCUT2D eigenvalue weighted by molar-refractivity contribution is -0.138. The van der Waals surface area contributed by atoms with E-state index >= 15 is 0 Å². The van der Waals surface area contributed by atoms with Gasteiger partial charge in [0.1, 0.15) is 6.10 Å². The molecule has 0 aliphatic rings. The van der Waals surface area contributed by atoms with Crippen LogP contribution in [-0.4, -0.2) is 30.2 Å². The van der Waals surface area contributed by atoms with Gasteiger partial charge in [0.05, 0.1) is 12.5 Å². The van der Waals surface area contributed by atoms with Crippen LogP contribution >= 0.6 is 0 Å². The molecule has 2 N–H and O–H groups in total. The number of fused-ring (bicyclic) bond motifs is 1. The second-order valence-electron chi connectivity index (χ2n) is 5.40. The Bertz CT molecular complexity index is 694. The van der Waals surface area contributed by atoms with Crippen LogP contribution in [-0.2, 0) is 14.3 Å². The highest BCUT2D eigenvalue weighted by Crippen LogP contribution is 2.23. The monoisotopic (exact) mass is 315 g/mol. The minimum Gasteiger partial charge on any atom is -0.481 e. The maximum atomic E-state index is 12.2. The van der Waals surface area contributed by atoms with E-state index in [4.69, 9.17) is 9.84 Å². The smallest absolute Gasteiger partial charge is 0.305 e. The van der Waals surface area contributed by atoms with E-state index < -0.39 is 18.1 Å². The summed E-state index contributed by atoms with van der Waals surface area (Å²) in [5, 5.41) is 14.0. The molecule has 5 heteroatoms. The minimum atomic E-state index is -0.964. The number of rotatable bonds is 7. The average molecular weight is 315 g/mol. The lowest BCUT2D eigenvalue weighted by Gasteiger charge is -2.21. The van der Waals surface area contributed by atoms with E-state index in [0.717, 1.165) is 16.3 Å². The van der Waals surface area contributed by atoms with Crippen molar-refractivity contribution in [3.05, 3.63) is 48.0 Å². The zero-order valence-corrected chi connectivity index (χ0v) is 13.3. The molecule has 0 aliphatic heterocycles. The van der Waals surface area contributed by atoms with Crippen molar-refractivity contribution >= 4 is 22.6 Å². The molecule has 0 aliphatic carbocycles. The minimum absolute atomic E-state index is 0.176. The van der Waals surface area contributed by atoms with Gasteiger partial charge in [-0.2, -0.15) is 0 Å². The predicted molar refractivity (Wildman–Crippen MR) is 88.2 cm³/mol. The topological polar surface area (TPSA) is 75.6 Å². The van der Waals surface area contributed by atoms with Gasteiger partial charge in [0.2, 0.25) is 5.91 Å². The van der Waals surface area contributed by atoms with Crippen molar-refractivity contribution in [2.24, 2.45) is 0 Å². The first-order valence-electron chi connectivity index (χ1n) is 7.58. The van der Waals surface area contributed by atoms with Crippen LogP contribution in [0.15, 0.2) is 42.5 Å². The molecule has 0 radical (unpaired) electrons. The number of carbonyl (C=O) groups is 2. The number of carbonyl (C=O) groups excluding carboxylic acids is 1. The van der Waals surface area contributed by atoms with E-state index in [9.17, 15) is 9.59 Å². The molecule has 0 bridgehead atoms. The molecule has 0 heterocycles. The van der Waals surface area contributed by atoms with Gasteiger partial charge in [-0.25, -0.2) is 0 Å². The average Bonchev–Trinajstić information content (AvgIpc) is 2.54. The van der Waals surface area contributed by atoms with Crippen LogP contribution in [0.2, 0.25) is 0 Å². The van der Waals surface area contributed by atoms with Gasteiger partial charge in [0, 0.05) is 7.11 Å². The molecule has 2 aromatic rings. The van der Waals surface area contributed by atoms with E-state index in [1.165, 1.54) is 7.11 Å². The summed E-state index contributed by atoms with van der Waals surface area (Å²) >= 11 is 0. The van der Waals surface area contributed by atoms with Crippen molar-refractivity contribution in [2.45, 2.75) is 31.9 Å². The number of benzene rings is 2. The predicted octanol–water partition coefficient (Wildman–Crippen LogP) is 2.90. The number of aliphatic carboxylic acids is 1. The summed E-state index contributed by atoms with van der Waals surface area (Å²) in [6.07, 6.45) is -0.226. The summed E-state index contributed by atoms with van der Waals surface area (Å²) in [6, 6.07) is 12.9. The maximum Gasteiger partial charge on any atom is 0.305 e. The van der Waals surface area contributed by atoms with Crippen molar-refractivity contribution in [2.75, 3.05) is 7.11 Å². The number of hydrogen-bond donors (Lipinski definition) is 2. The molecule has 23 heavy (non-hydrogen) atoms. The third-order valence-corrected chi connectivity index (χ3v) is 3.82. The third kappa shape index (κ3) is 4.29. The normalized spacial score (nSPS) is 13.5. The molecule has 2 atom stereocenters. The lowest BCUT2D eigenvalue weighted by atomic mass is 9.99. The molecule has 0 spiro atoms. The first kappa shape index (κ1) is 17.0. The van der Waals surface area contributed by atoms with Crippen LogP contribution in [0.3, 0.4) is 0 Å². The van der Waals surface area contributed by atoms with Gasteiger partial charge in [-0.1, -0.05) is 43.3 Å². The molecule has 2 rings (SSSR count). The van der Waals surface area contributed by atoms with Crippen molar-refractivity contribution in [3.8, 4) is 0 Å². The van der Waals surface area contributed by atoms with E-state index in [0.29, 0.717) is 6.42 Å². The fourth-order valence-corrected chi connectivity index (χ4v) is 2.58. The molecule has 0 fully saturated rings. The summed E-state index contributed by atoms with van der Waals surface area (Å²) in [4.78, 5) is 23.4. The van der Waals surface area contributed by atoms with Gasteiger partial charge in [0.15, 0.2) is 0 Å². The highest BCUT2D eigenvalue weighted by atomic mass is 16.5. The first-order chi connectivity index (χ1) is 11.0. The Morgan fingerprint density at radius 3 is 2.48 bits per heavy atom. The van der Waals surface area contributed by atoms with Crippen molar-refractivity contribution in [1.29, 1.82) is 0 Å². The largest absolute Gasteiger partial charge is 0.481 e. The van der Waals surface area contributed by atoms with Crippen molar-refractivity contribution in [1.82, 2.24) is 5.32 Å². The van der Waals surface area contributed by atoms with Crippen LogP contribution in [0.4, 0.5) is 0 Å². The highest BCUT2D eigenvalue weighted by molar-refractivity contribution is 5.84. The van der Waals surface area contributed by atoms with Gasteiger partial charge in [0.25, 0.3) is 0 Å². The molecule has 0 saturated heterocycles. The number of carboxylic acids is 1. The highest BCUT2D eigenvalue weighted by Gasteiger charge is 2.22. The first-order valence-corrected chi connectivity index (χ1v) is 7.58. The number of carboxylic acid groups (broad SMARTS) is 1. The lowest BCUT2D eigenvalue weighted by Crippen LogP contribution is -2.38. The van der Waals surface area contributed by atoms with Gasteiger partial charge in [-0.3, -0.25) is 9.59 Å². The molecule has 1 amide bonds. The van der Waals surface area contributed by atoms with E-state index in [2.05, 4.69) is 5.32 Å². The number of nitrogens with one attached hydrogen (secondary N) is 1. The number of methoxy groups -OCH3 is 1. The van der Waals surface area contributed by atoms with Crippen LogP contribution < -0.4 is 5.32 Å². The van der Waals surface area contributed by atoms with Crippen molar-refractivity contribution < 1.29 is 19.4 Å². The van der Waals surface area contributed by atoms with E-state index in [-0.39, 0.29) is 12.3 Å². The summed E-state index contributed by atoms with van der Waals surface area (Å²) in [5.41, 5.74) is 0.769. The van der Waals surface area contributed by atoms with Crippen LogP contribution in [0, 0.1) is 0 Å². The summed E-state index contributed by atoms with van der Waals surface area (Å²) in [5.74, 6) is -1.26. The maximum absolute atomic E-state index is 12.2. The summed E-state index contributed by atoms with van der Waals surface area (Å²) < 4.78 is 5.11. The van der Waals surface area contributed by atoms with Gasteiger partial charge in [-0.05, 0) is 28.8 Å². The summed E-state index contributed by atoms with van der Waals surface area (Å²) in [7, 11) is 1.47. The number of ether oxygens (including phenoxy) is 1. The second kappa shape index (κ2) is 7.74. The standard InChI is InChI=1S/C18H21NO4/c1-3-16(23-2)18(22)19-15(11-17(20)21)14-9-8-12-6-4-5-7-13(12)10-14/h4-10,15-16H,3,11H2,1-2H3,(H,19,22)(H,20,21)/t15-,16?/m0/s1. The van der Waals surface area contributed by atoms with Gasteiger partial charge in [-0.15, -0.1) is 0 Å².